The van der Waals surface area contributed by atoms with Crippen LogP contribution in [0.1, 0.15) is 25.7 Å². The van der Waals surface area contributed by atoms with Gasteiger partial charge in [0.2, 0.25) is 17.7 Å². The molecule has 1 aromatic carbocycles. The highest BCUT2D eigenvalue weighted by atomic mass is 79.9. The van der Waals surface area contributed by atoms with Crippen LogP contribution in [0.4, 0.5) is 5.69 Å². The molecule has 24 heavy (non-hydrogen) atoms. The van der Waals surface area contributed by atoms with Gasteiger partial charge in [0.15, 0.2) is 0 Å². The molecule has 1 N–H and O–H groups in total. The zero-order valence-corrected chi connectivity index (χ0v) is 15.3. The Morgan fingerprint density at radius 2 is 2.00 bits per heavy atom. The van der Waals surface area contributed by atoms with Crippen molar-refractivity contribution in [3.05, 3.63) is 28.7 Å². The van der Waals surface area contributed by atoms with Gasteiger partial charge >= 0.3 is 0 Å². The number of hydrogen-bond donors (Lipinski definition) is 1. The van der Waals surface area contributed by atoms with Gasteiger partial charge in [-0.1, -0.05) is 18.6 Å². The van der Waals surface area contributed by atoms with Gasteiger partial charge in [-0.05, 0) is 40.9 Å². The number of rotatable bonds is 5. The third-order valence-electron chi connectivity index (χ3n) is 3.95. The van der Waals surface area contributed by atoms with Crippen molar-refractivity contribution in [2.75, 3.05) is 32.0 Å². The molecule has 2 rings (SSSR count). The van der Waals surface area contributed by atoms with Gasteiger partial charge < -0.3 is 15.1 Å². The molecule has 0 spiro atoms. The predicted molar refractivity (Wildman–Crippen MR) is 95.5 cm³/mol. The van der Waals surface area contributed by atoms with Crippen molar-refractivity contribution in [1.29, 1.82) is 0 Å². The van der Waals surface area contributed by atoms with Gasteiger partial charge in [0, 0.05) is 24.5 Å². The smallest absolute Gasteiger partial charge is 0.244 e. The molecule has 6 nitrogen and oxygen atoms in total. The summed E-state index contributed by atoms with van der Waals surface area (Å²) < 4.78 is 0.780. The number of carbonyl (C=O) groups excluding carboxylic acids is 3. The van der Waals surface area contributed by atoms with Crippen molar-refractivity contribution in [3.63, 3.8) is 0 Å². The lowest BCUT2D eigenvalue weighted by atomic mass is 10.2. The van der Waals surface area contributed by atoms with Gasteiger partial charge in [-0.15, -0.1) is 0 Å². The standard InChI is InChI=1S/C17H22BrN3O3/c1-20(11-15(22)19-14-8-5-4-7-13(14)18)17(24)12-21-10-6-2-3-9-16(21)23/h4-5,7-8H,2-3,6,9-12H2,1H3,(H,19,22). The van der Waals surface area contributed by atoms with E-state index in [-0.39, 0.29) is 30.8 Å². The largest absolute Gasteiger partial charge is 0.335 e. The van der Waals surface area contributed by atoms with E-state index in [2.05, 4.69) is 21.2 Å². The molecule has 1 aliphatic rings. The maximum absolute atomic E-state index is 12.3. The Labute approximate surface area is 150 Å². The zero-order chi connectivity index (χ0) is 17.5. The van der Waals surface area contributed by atoms with E-state index in [4.69, 9.17) is 0 Å². The van der Waals surface area contributed by atoms with Crippen LogP contribution < -0.4 is 5.32 Å². The molecule has 130 valence electrons. The Hall–Kier alpha value is -1.89. The minimum Gasteiger partial charge on any atom is -0.335 e. The Morgan fingerprint density at radius 1 is 1.25 bits per heavy atom. The van der Waals surface area contributed by atoms with E-state index >= 15 is 0 Å². The average molecular weight is 396 g/mol. The first-order valence-corrected chi connectivity index (χ1v) is 8.83. The molecule has 1 saturated heterocycles. The van der Waals surface area contributed by atoms with Crippen LogP contribution in [0.5, 0.6) is 0 Å². The molecule has 0 radical (unpaired) electrons. The van der Waals surface area contributed by atoms with Crippen LogP contribution in [0.3, 0.4) is 0 Å². The fourth-order valence-electron chi connectivity index (χ4n) is 2.55. The molecular formula is C17H22BrN3O3. The third-order valence-corrected chi connectivity index (χ3v) is 4.64. The summed E-state index contributed by atoms with van der Waals surface area (Å²) in [6.07, 6.45) is 3.32. The highest BCUT2D eigenvalue weighted by Crippen LogP contribution is 2.21. The van der Waals surface area contributed by atoms with Gasteiger partial charge in [-0.2, -0.15) is 0 Å². The van der Waals surface area contributed by atoms with Crippen LogP contribution in [0, 0.1) is 0 Å². The topological polar surface area (TPSA) is 69.7 Å². The number of benzene rings is 1. The van der Waals surface area contributed by atoms with Crippen LogP contribution in [-0.2, 0) is 14.4 Å². The molecule has 7 heteroatoms. The Morgan fingerprint density at radius 3 is 2.75 bits per heavy atom. The molecule has 0 atom stereocenters. The summed E-state index contributed by atoms with van der Waals surface area (Å²) in [5, 5.41) is 2.76. The molecule has 1 fully saturated rings. The normalized spacial score (nSPS) is 14.9. The van der Waals surface area contributed by atoms with Crippen molar-refractivity contribution in [1.82, 2.24) is 9.80 Å². The molecule has 0 saturated carbocycles. The van der Waals surface area contributed by atoms with E-state index in [0.29, 0.717) is 18.7 Å². The summed E-state index contributed by atoms with van der Waals surface area (Å²) in [6, 6.07) is 7.28. The number of nitrogens with one attached hydrogen (secondary N) is 1. The first-order valence-electron chi connectivity index (χ1n) is 8.03. The number of nitrogens with zero attached hydrogens (tertiary/aromatic N) is 2. The minimum absolute atomic E-state index is 0.0203. The quantitative estimate of drug-likeness (QED) is 0.830. The van der Waals surface area contributed by atoms with Gasteiger partial charge in [0.05, 0.1) is 18.8 Å². The summed E-state index contributed by atoms with van der Waals surface area (Å²) >= 11 is 3.36. The van der Waals surface area contributed by atoms with Crippen LogP contribution >= 0.6 is 15.9 Å². The molecule has 0 aromatic heterocycles. The summed E-state index contributed by atoms with van der Waals surface area (Å²) in [5.41, 5.74) is 0.658. The van der Waals surface area contributed by atoms with Crippen molar-refractivity contribution in [2.24, 2.45) is 0 Å². The molecular weight excluding hydrogens is 374 g/mol. The van der Waals surface area contributed by atoms with Crippen molar-refractivity contribution < 1.29 is 14.4 Å². The van der Waals surface area contributed by atoms with E-state index in [1.54, 1.807) is 18.0 Å². The van der Waals surface area contributed by atoms with E-state index in [0.717, 1.165) is 23.7 Å². The van der Waals surface area contributed by atoms with Crippen molar-refractivity contribution in [3.8, 4) is 0 Å². The lowest BCUT2D eigenvalue weighted by Gasteiger charge is -2.23. The monoisotopic (exact) mass is 395 g/mol. The fourth-order valence-corrected chi connectivity index (χ4v) is 2.93. The fraction of sp³-hybridized carbons (Fsp3) is 0.471. The lowest BCUT2D eigenvalue weighted by Crippen LogP contribution is -2.43. The zero-order valence-electron chi connectivity index (χ0n) is 13.8. The lowest BCUT2D eigenvalue weighted by molar-refractivity contribution is -0.140. The summed E-state index contributed by atoms with van der Waals surface area (Å²) in [5.74, 6) is -0.487. The number of likely N-dealkylation sites (N-methyl/N-ethyl adjacent to an activating group) is 1. The molecule has 0 aliphatic carbocycles. The van der Waals surface area contributed by atoms with E-state index in [9.17, 15) is 14.4 Å². The van der Waals surface area contributed by atoms with Crippen molar-refractivity contribution >= 4 is 39.3 Å². The highest BCUT2D eigenvalue weighted by molar-refractivity contribution is 9.10. The Bertz CT molecular complexity index is 621. The van der Waals surface area contributed by atoms with Crippen LogP contribution in [0.2, 0.25) is 0 Å². The number of likely N-dealkylation sites (tertiary alicyclic amines) is 1. The minimum atomic E-state index is -0.278. The highest BCUT2D eigenvalue weighted by Gasteiger charge is 2.22. The van der Waals surface area contributed by atoms with E-state index < -0.39 is 0 Å². The molecule has 1 aliphatic heterocycles. The maximum Gasteiger partial charge on any atom is 0.244 e. The number of anilines is 1. The second-order valence-corrected chi connectivity index (χ2v) is 6.76. The predicted octanol–water partition coefficient (Wildman–Crippen LogP) is 2.25. The van der Waals surface area contributed by atoms with Crippen LogP contribution in [0.25, 0.3) is 0 Å². The molecule has 0 bridgehead atoms. The summed E-state index contributed by atoms with van der Waals surface area (Å²) in [6.45, 7) is 0.599. The first-order chi connectivity index (χ1) is 11.5. The number of para-hydroxylation sites is 1. The van der Waals surface area contributed by atoms with Gasteiger partial charge in [0.1, 0.15) is 0 Å². The Kier molecular flexibility index (Phi) is 6.78. The number of amides is 3. The maximum atomic E-state index is 12.3. The molecule has 3 amide bonds. The van der Waals surface area contributed by atoms with Crippen LogP contribution in [-0.4, -0.2) is 54.2 Å². The number of hydrogen-bond acceptors (Lipinski definition) is 3. The first kappa shape index (κ1) is 18.4. The van der Waals surface area contributed by atoms with Gasteiger partial charge in [0.25, 0.3) is 0 Å². The molecule has 0 unspecified atom stereocenters. The molecule has 1 aromatic rings. The average Bonchev–Trinajstić information content (AvgIpc) is 2.74. The van der Waals surface area contributed by atoms with E-state index in [1.165, 1.54) is 4.90 Å². The SMILES string of the molecule is CN(CC(=O)Nc1ccccc1Br)C(=O)CN1CCCCCC1=O. The number of halogens is 1. The summed E-state index contributed by atoms with van der Waals surface area (Å²) in [4.78, 5) is 39.2. The van der Waals surface area contributed by atoms with Crippen molar-refractivity contribution in [2.45, 2.75) is 25.7 Å². The number of carbonyl (C=O) groups is 3. The Balaban J connectivity index is 1.85. The second kappa shape index (κ2) is 8.82. The summed E-state index contributed by atoms with van der Waals surface area (Å²) in [7, 11) is 1.57. The molecule has 1 heterocycles. The third kappa shape index (κ3) is 5.33. The van der Waals surface area contributed by atoms with Gasteiger partial charge in [-0.3, -0.25) is 14.4 Å². The van der Waals surface area contributed by atoms with Gasteiger partial charge in [-0.25, -0.2) is 0 Å². The second-order valence-electron chi connectivity index (χ2n) is 5.90. The van der Waals surface area contributed by atoms with Crippen LogP contribution in [0.15, 0.2) is 28.7 Å². The van der Waals surface area contributed by atoms with E-state index in [1.807, 2.05) is 18.2 Å².